The van der Waals surface area contributed by atoms with Gasteiger partial charge in [0.05, 0.1) is 6.54 Å². The van der Waals surface area contributed by atoms with Gasteiger partial charge in [0, 0.05) is 21.6 Å². The van der Waals surface area contributed by atoms with E-state index >= 15 is 0 Å². The van der Waals surface area contributed by atoms with E-state index < -0.39 is 18.9 Å². The van der Waals surface area contributed by atoms with Crippen LogP contribution in [0.5, 0.6) is 0 Å². The third-order valence-electron chi connectivity index (χ3n) is 2.07. The van der Waals surface area contributed by atoms with Gasteiger partial charge in [-0.2, -0.15) is 0 Å². The quantitative estimate of drug-likeness (QED) is 0.573. The van der Waals surface area contributed by atoms with Crippen molar-refractivity contribution in [3.63, 3.8) is 0 Å². The minimum Gasteiger partial charge on any atom is -0.332 e. The molecule has 0 aliphatic rings. The van der Waals surface area contributed by atoms with Gasteiger partial charge in [0.1, 0.15) is 0 Å². The molecule has 1 amide bonds. The largest absolute Gasteiger partial charge is 0.332 e. The summed E-state index contributed by atoms with van der Waals surface area (Å²) in [5.74, 6) is -0.271. The van der Waals surface area contributed by atoms with Gasteiger partial charge in [0.2, 0.25) is 0 Å². The van der Waals surface area contributed by atoms with Gasteiger partial charge >= 0.3 is 0 Å². The first kappa shape index (κ1) is 14.6. The van der Waals surface area contributed by atoms with Crippen LogP contribution in [0.25, 0.3) is 0 Å². The molecule has 2 nitrogen and oxygen atoms in total. The molecule has 0 N–H and O–H groups in total. The molecular formula is C11H11ClF2INO. The van der Waals surface area contributed by atoms with E-state index in [1.54, 1.807) is 18.2 Å². The molecule has 1 aromatic rings. The zero-order valence-electron chi connectivity index (χ0n) is 8.88. The molecular weight excluding hydrogens is 362 g/mol. The Morgan fingerprint density at radius 2 is 2.18 bits per heavy atom. The molecule has 94 valence electrons. The van der Waals surface area contributed by atoms with Crippen LogP contribution in [0.3, 0.4) is 0 Å². The summed E-state index contributed by atoms with van der Waals surface area (Å²) in [5, 5.41) is 0. The lowest BCUT2D eigenvalue weighted by atomic mass is 10.2. The molecule has 17 heavy (non-hydrogen) atoms. The maximum Gasteiger partial charge on any atom is 0.255 e. The SMILES string of the molecule is O=C(c1cccc(I)c1)N(CCCl)CC(F)F. The second-order valence-electron chi connectivity index (χ2n) is 3.34. The number of carbonyl (C=O) groups excluding carboxylic acids is 1. The Balaban J connectivity index is 2.83. The number of nitrogens with zero attached hydrogens (tertiary/aromatic N) is 1. The Hall–Kier alpha value is -0.430. The minimum atomic E-state index is -2.55. The summed E-state index contributed by atoms with van der Waals surface area (Å²) in [7, 11) is 0. The Morgan fingerprint density at radius 1 is 1.47 bits per heavy atom. The molecule has 0 aliphatic carbocycles. The van der Waals surface area contributed by atoms with Crippen molar-refractivity contribution >= 4 is 40.1 Å². The van der Waals surface area contributed by atoms with Crippen LogP contribution in [0.15, 0.2) is 24.3 Å². The Labute approximate surface area is 117 Å². The highest BCUT2D eigenvalue weighted by molar-refractivity contribution is 14.1. The summed E-state index contributed by atoms with van der Waals surface area (Å²) >= 11 is 7.57. The highest BCUT2D eigenvalue weighted by Gasteiger charge is 2.19. The van der Waals surface area contributed by atoms with Crippen LogP contribution in [0.1, 0.15) is 10.4 Å². The molecule has 0 aliphatic heterocycles. The van der Waals surface area contributed by atoms with E-state index in [4.69, 9.17) is 11.6 Å². The summed E-state index contributed by atoms with van der Waals surface area (Å²) < 4.78 is 25.5. The van der Waals surface area contributed by atoms with Gasteiger partial charge in [-0.05, 0) is 40.8 Å². The number of alkyl halides is 3. The summed E-state index contributed by atoms with van der Waals surface area (Å²) in [6.45, 7) is -0.465. The summed E-state index contributed by atoms with van der Waals surface area (Å²) in [5.41, 5.74) is 0.405. The van der Waals surface area contributed by atoms with E-state index in [2.05, 4.69) is 22.6 Å². The third-order valence-corrected chi connectivity index (χ3v) is 2.91. The smallest absolute Gasteiger partial charge is 0.255 e. The van der Waals surface area contributed by atoms with Gasteiger partial charge in [-0.1, -0.05) is 6.07 Å². The van der Waals surface area contributed by atoms with E-state index in [-0.39, 0.29) is 12.4 Å². The van der Waals surface area contributed by atoms with Crippen molar-refractivity contribution in [2.24, 2.45) is 0 Å². The monoisotopic (exact) mass is 373 g/mol. The van der Waals surface area contributed by atoms with Crippen molar-refractivity contribution in [1.29, 1.82) is 0 Å². The Bertz CT molecular complexity index is 389. The highest BCUT2D eigenvalue weighted by Crippen LogP contribution is 2.11. The van der Waals surface area contributed by atoms with E-state index in [0.717, 1.165) is 8.47 Å². The van der Waals surface area contributed by atoms with Crippen molar-refractivity contribution in [3.8, 4) is 0 Å². The van der Waals surface area contributed by atoms with Gasteiger partial charge in [0.15, 0.2) is 0 Å². The van der Waals surface area contributed by atoms with Crippen LogP contribution in [-0.4, -0.2) is 36.2 Å². The van der Waals surface area contributed by atoms with Gasteiger partial charge < -0.3 is 4.90 Å². The lowest BCUT2D eigenvalue weighted by Gasteiger charge is -2.21. The van der Waals surface area contributed by atoms with Crippen molar-refractivity contribution in [2.45, 2.75) is 6.43 Å². The molecule has 0 atom stereocenters. The van der Waals surface area contributed by atoms with Gasteiger partial charge in [-0.25, -0.2) is 8.78 Å². The first-order chi connectivity index (χ1) is 8.04. The molecule has 1 aromatic carbocycles. The first-order valence-corrected chi connectivity index (χ1v) is 6.55. The molecule has 0 unspecified atom stereocenters. The summed E-state index contributed by atoms with van der Waals surface area (Å²) in [6, 6.07) is 6.82. The molecule has 0 aromatic heterocycles. The van der Waals surface area contributed by atoms with Crippen LogP contribution < -0.4 is 0 Å². The molecule has 0 saturated carbocycles. The fourth-order valence-corrected chi connectivity index (χ4v) is 2.10. The highest BCUT2D eigenvalue weighted by atomic mass is 127. The van der Waals surface area contributed by atoms with Crippen LogP contribution >= 0.6 is 34.2 Å². The van der Waals surface area contributed by atoms with Gasteiger partial charge in [-0.15, -0.1) is 11.6 Å². The summed E-state index contributed by atoms with van der Waals surface area (Å²) in [4.78, 5) is 13.0. The number of carbonyl (C=O) groups is 1. The lowest BCUT2D eigenvalue weighted by molar-refractivity contribution is 0.0571. The van der Waals surface area contributed by atoms with E-state index in [0.29, 0.717) is 5.56 Å². The average molecular weight is 374 g/mol. The van der Waals surface area contributed by atoms with Crippen LogP contribution in [-0.2, 0) is 0 Å². The second kappa shape index (κ2) is 7.10. The lowest BCUT2D eigenvalue weighted by Crippen LogP contribution is -2.36. The number of halogens is 4. The minimum absolute atomic E-state index is 0.121. The maximum atomic E-state index is 12.3. The maximum absolute atomic E-state index is 12.3. The Kier molecular flexibility index (Phi) is 6.11. The third kappa shape index (κ3) is 4.75. The van der Waals surface area contributed by atoms with Crippen molar-refractivity contribution < 1.29 is 13.6 Å². The number of hydrogen-bond acceptors (Lipinski definition) is 1. The fraction of sp³-hybridized carbons (Fsp3) is 0.364. The topological polar surface area (TPSA) is 20.3 Å². The molecule has 0 spiro atoms. The number of benzene rings is 1. The van der Waals surface area contributed by atoms with E-state index in [9.17, 15) is 13.6 Å². The Morgan fingerprint density at radius 3 is 2.71 bits per heavy atom. The summed E-state index contributed by atoms with van der Waals surface area (Å²) in [6.07, 6.45) is -2.55. The normalized spacial score (nSPS) is 10.6. The molecule has 0 heterocycles. The molecule has 0 bridgehead atoms. The van der Waals surface area contributed by atoms with E-state index in [1.165, 1.54) is 0 Å². The standard InChI is InChI=1S/C11H11ClF2INO/c12-4-5-16(7-10(13)14)11(17)8-2-1-3-9(15)6-8/h1-3,6,10H,4-5,7H2. The van der Waals surface area contributed by atoms with Gasteiger partial charge in [-0.3, -0.25) is 4.79 Å². The molecule has 0 saturated heterocycles. The predicted octanol–water partition coefficient (Wildman–Crippen LogP) is 3.24. The van der Waals surface area contributed by atoms with Crippen LogP contribution in [0.2, 0.25) is 0 Å². The van der Waals surface area contributed by atoms with Crippen LogP contribution in [0, 0.1) is 3.57 Å². The molecule has 0 fully saturated rings. The number of hydrogen-bond donors (Lipinski definition) is 0. The van der Waals surface area contributed by atoms with Crippen molar-refractivity contribution in [1.82, 2.24) is 4.90 Å². The fourth-order valence-electron chi connectivity index (χ4n) is 1.35. The average Bonchev–Trinajstić information content (AvgIpc) is 2.27. The van der Waals surface area contributed by atoms with Crippen LogP contribution in [0.4, 0.5) is 8.78 Å². The number of rotatable bonds is 5. The predicted molar refractivity (Wildman–Crippen MR) is 71.8 cm³/mol. The molecule has 0 radical (unpaired) electrons. The van der Waals surface area contributed by atoms with Crippen molar-refractivity contribution in [2.75, 3.05) is 19.0 Å². The van der Waals surface area contributed by atoms with Gasteiger partial charge in [0.25, 0.3) is 12.3 Å². The molecule has 1 rings (SSSR count). The van der Waals surface area contributed by atoms with E-state index in [1.807, 2.05) is 6.07 Å². The zero-order valence-corrected chi connectivity index (χ0v) is 11.8. The zero-order chi connectivity index (χ0) is 12.8. The molecule has 6 heteroatoms. The second-order valence-corrected chi connectivity index (χ2v) is 4.97. The first-order valence-electron chi connectivity index (χ1n) is 4.93. The van der Waals surface area contributed by atoms with Crippen molar-refractivity contribution in [3.05, 3.63) is 33.4 Å². The number of amides is 1.